The van der Waals surface area contributed by atoms with Gasteiger partial charge in [0.05, 0.1) is 33.0 Å². The Morgan fingerprint density at radius 2 is 1.86 bits per heavy atom. The Morgan fingerprint density at radius 3 is 2.50 bits per heavy atom. The van der Waals surface area contributed by atoms with Crippen LogP contribution in [-0.4, -0.2) is 49.3 Å². The summed E-state index contributed by atoms with van der Waals surface area (Å²) >= 11 is 0. The van der Waals surface area contributed by atoms with Crippen LogP contribution in [0.1, 0.15) is 19.8 Å². The van der Waals surface area contributed by atoms with Crippen LogP contribution in [0.15, 0.2) is 15.9 Å². The number of aryl methyl sites for hydroxylation is 1. The van der Waals surface area contributed by atoms with Crippen molar-refractivity contribution in [2.24, 2.45) is 14.1 Å². The Kier molecular flexibility index (Phi) is 3.47. The Morgan fingerprint density at radius 1 is 1.23 bits per heavy atom. The number of nitrogens with zero attached hydrogens (tertiary/aromatic N) is 5. The van der Waals surface area contributed by atoms with Crippen molar-refractivity contribution >= 4 is 11.2 Å². The first-order chi connectivity index (χ1) is 10.3. The molecule has 0 N–H and O–H groups in total. The molecule has 0 amide bonds. The molecule has 0 bridgehead atoms. The average Bonchev–Trinajstić information content (AvgIpc) is 3.10. The zero-order valence-electron chi connectivity index (χ0n) is 13.7. The van der Waals surface area contributed by atoms with E-state index in [1.54, 1.807) is 13.4 Å². The molecule has 1 unspecified atom stereocenters. The summed E-state index contributed by atoms with van der Waals surface area (Å²) in [7, 11) is 5.45. The van der Waals surface area contributed by atoms with Gasteiger partial charge in [-0.15, -0.1) is 0 Å². The third-order valence-corrected chi connectivity index (χ3v) is 5.33. The van der Waals surface area contributed by atoms with Crippen molar-refractivity contribution in [3.05, 3.63) is 27.2 Å². The van der Waals surface area contributed by atoms with E-state index < -0.39 is 0 Å². The summed E-state index contributed by atoms with van der Waals surface area (Å²) in [5.41, 5.74) is 0.368. The van der Waals surface area contributed by atoms with Crippen LogP contribution in [0.5, 0.6) is 0 Å². The first-order valence-electron chi connectivity index (χ1n) is 7.80. The number of hydrogen-bond acceptors (Lipinski definition) is 3. The minimum Gasteiger partial charge on any atom is -0.322 e. The summed E-state index contributed by atoms with van der Waals surface area (Å²) in [6, 6.07) is 0.404. The molecule has 7 nitrogen and oxygen atoms in total. The second-order valence-corrected chi connectivity index (χ2v) is 6.76. The maximum atomic E-state index is 12.4. The Bertz CT molecular complexity index is 823. The lowest BCUT2D eigenvalue weighted by Gasteiger charge is -2.36. The van der Waals surface area contributed by atoms with Crippen molar-refractivity contribution in [2.75, 3.05) is 20.1 Å². The molecule has 1 fully saturated rings. The molecule has 1 aliphatic heterocycles. The van der Waals surface area contributed by atoms with Gasteiger partial charge < -0.3 is 9.05 Å². The van der Waals surface area contributed by atoms with E-state index in [4.69, 9.17) is 0 Å². The quantitative estimate of drug-likeness (QED) is 0.754. The highest BCUT2D eigenvalue weighted by molar-refractivity contribution is 5.69. The normalized spacial score (nSPS) is 18.9. The van der Waals surface area contributed by atoms with Crippen LogP contribution in [-0.2, 0) is 20.6 Å². The Labute approximate surface area is 129 Å². The minimum absolute atomic E-state index is 0.271. The van der Waals surface area contributed by atoms with Crippen LogP contribution in [0.2, 0.25) is 0 Å². The summed E-state index contributed by atoms with van der Waals surface area (Å²) in [6.45, 7) is 5.33. The maximum absolute atomic E-state index is 12.4. The third-order valence-electron chi connectivity index (χ3n) is 5.33. The van der Waals surface area contributed by atoms with Crippen LogP contribution >= 0.6 is 0 Å². The summed E-state index contributed by atoms with van der Waals surface area (Å²) in [5.74, 6) is 0. The predicted octanol–water partition coefficient (Wildman–Crippen LogP) is 0.0626. The molecule has 0 saturated carbocycles. The van der Waals surface area contributed by atoms with Crippen molar-refractivity contribution in [3.63, 3.8) is 0 Å². The number of hydrogen-bond donors (Lipinski definition) is 0. The van der Waals surface area contributed by atoms with Crippen LogP contribution in [0.25, 0.3) is 11.2 Å². The van der Waals surface area contributed by atoms with E-state index in [1.165, 1.54) is 37.5 Å². The molecule has 3 rings (SSSR count). The minimum atomic E-state index is -0.339. The highest BCUT2D eigenvalue weighted by Gasteiger charge is 2.33. The molecule has 0 radical (unpaired) electrons. The van der Waals surface area contributed by atoms with Crippen molar-refractivity contribution in [1.82, 2.24) is 18.7 Å². The second-order valence-electron chi connectivity index (χ2n) is 6.76. The van der Waals surface area contributed by atoms with Gasteiger partial charge in [-0.05, 0) is 6.92 Å². The van der Waals surface area contributed by atoms with Crippen LogP contribution < -0.4 is 11.2 Å². The molecule has 0 spiro atoms. The van der Waals surface area contributed by atoms with E-state index >= 15 is 0 Å². The zero-order chi connectivity index (χ0) is 16.1. The van der Waals surface area contributed by atoms with Crippen LogP contribution in [0.3, 0.4) is 0 Å². The van der Waals surface area contributed by atoms with Crippen molar-refractivity contribution in [1.29, 1.82) is 0 Å². The number of likely N-dealkylation sites (tertiary alicyclic amines) is 1. The number of likely N-dealkylation sites (N-methyl/N-ethyl adjacent to an activating group) is 1. The molecular weight excluding hydrogens is 282 g/mol. The van der Waals surface area contributed by atoms with E-state index in [2.05, 4.69) is 19.0 Å². The fourth-order valence-electron chi connectivity index (χ4n) is 3.52. The SMILES string of the molecule is CC(Cn1cnc2c1c(=O)n(C)c(=O)n2C)[N+]1(C)CCCC1. The van der Waals surface area contributed by atoms with Gasteiger partial charge in [-0.2, -0.15) is 0 Å². The summed E-state index contributed by atoms with van der Waals surface area (Å²) in [4.78, 5) is 28.7. The summed E-state index contributed by atoms with van der Waals surface area (Å²) in [6.07, 6.45) is 4.22. The smallest absolute Gasteiger partial charge is 0.322 e. The van der Waals surface area contributed by atoms with E-state index in [9.17, 15) is 9.59 Å². The average molecular weight is 306 g/mol. The van der Waals surface area contributed by atoms with Crippen LogP contribution in [0.4, 0.5) is 0 Å². The lowest BCUT2D eigenvalue weighted by atomic mass is 10.2. The monoisotopic (exact) mass is 306 g/mol. The molecular formula is C15H24N5O2+. The zero-order valence-corrected chi connectivity index (χ0v) is 13.7. The molecule has 7 heteroatoms. The van der Waals surface area contributed by atoms with E-state index in [0.717, 1.165) is 15.6 Å². The molecule has 22 heavy (non-hydrogen) atoms. The molecule has 120 valence electrons. The van der Waals surface area contributed by atoms with E-state index in [1.807, 2.05) is 4.57 Å². The van der Waals surface area contributed by atoms with Crippen molar-refractivity contribution in [3.8, 4) is 0 Å². The lowest BCUT2D eigenvalue weighted by Crippen LogP contribution is -2.50. The Hall–Kier alpha value is -1.89. The number of aromatic nitrogens is 4. The molecule has 3 heterocycles. The fourth-order valence-corrected chi connectivity index (χ4v) is 3.52. The molecule has 0 aromatic carbocycles. The van der Waals surface area contributed by atoms with Gasteiger partial charge in [0, 0.05) is 26.9 Å². The van der Waals surface area contributed by atoms with Gasteiger partial charge in [-0.3, -0.25) is 13.9 Å². The third kappa shape index (κ3) is 2.11. The number of rotatable bonds is 3. The van der Waals surface area contributed by atoms with Gasteiger partial charge >= 0.3 is 5.69 Å². The number of imidazole rings is 1. The molecule has 1 saturated heterocycles. The fraction of sp³-hybridized carbons (Fsp3) is 0.667. The Balaban J connectivity index is 2.06. The topological polar surface area (TPSA) is 61.8 Å². The van der Waals surface area contributed by atoms with E-state index in [-0.39, 0.29) is 11.2 Å². The molecule has 1 aliphatic rings. The first kappa shape index (κ1) is 15.0. The molecule has 2 aromatic heterocycles. The van der Waals surface area contributed by atoms with Gasteiger partial charge in [0.2, 0.25) is 0 Å². The van der Waals surface area contributed by atoms with Gasteiger partial charge in [-0.1, -0.05) is 0 Å². The molecule has 0 aliphatic carbocycles. The van der Waals surface area contributed by atoms with Crippen LogP contribution in [0, 0.1) is 0 Å². The number of quaternary nitrogens is 1. The van der Waals surface area contributed by atoms with Crippen molar-refractivity contribution < 1.29 is 4.48 Å². The molecule has 2 aromatic rings. The summed E-state index contributed by atoms with van der Waals surface area (Å²) in [5, 5.41) is 0. The second kappa shape index (κ2) is 5.08. The van der Waals surface area contributed by atoms with E-state index in [0.29, 0.717) is 17.2 Å². The maximum Gasteiger partial charge on any atom is 0.332 e. The highest BCUT2D eigenvalue weighted by Crippen LogP contribution is 2.22. The van der Waals surface area contributed by atoms with Gasteiger partial charge in [0.1, 0.15) is 6.04 Å². The van der Waals surface area contributed by atoms with Gasteiger partial charge in [-0.25, -0.2) is 9.78 Å². The first-order valence-corrected chi connectivity index (χ1v) is 7.80. The lowest BCUT2D eigenvalue weighted by molar-refractivity contribution is -0.921. The van der Waals surface area contributed by atoms with Gasteiger partial charge in [0.15, 0.2) is 11.2 Å². The largest absolute Gasteiger partial charge is 0.332 e. The molecule has 1 atom stereocenters. The predicted molar refractivity (Wildman–Crippen MR) is 84.8 cm³/mol. The standard InChI is InChI=1S/C15H24N5O2/c1-11(20(4)7-5-6-8-20)9-19-10-16-13-12(19)14(21)18(3)15(22)17(13)2/h10-11H,5-9H2,1-4H3/q+1. The number of fused-ring (bicyclic) bond motifs is 1. The van der Waals surface area contributed by atoms with Crippen molar-refractivity contribution in [2.45, 2.75) is 32.4 Å². The van der Waals surface area contributed by atoms with Gasteiger partial charge in [0.25, 0.3) is 5.56 Å². The highest BCUT2D eigenvalue weighted by atomic mass is 16.2. The summed E-state index contributed by atoms with van der Waals surface area (Å²) < 4.78 is 5.52.